The van der Waals surface area contributed by atoms with Crippen molar-refractivity contribution < 1.29 is 23.1 Å². The lowest BCUT2D eigenvalue weighted by atomic mass is 9.81. The number of anilines is 1. The maximum Gasteiger partial charge on any atom is 0.274 e. The van der Waals surface area contributed by atoms with Gasteiger partial charge < -0.3 is 15.4 Å². The number of hydrogen-bond donors (Lipinski definition) is 2. The summed E-state index contributed by atoms with van der Waals surface area (Å²) in [5.74, 6) is -1.47. The Kier molecular flexibility index (Phi) is 6.31. The number of hydrogen-bond acceptors (Lipinski definition) is 6. The Bertz CT molecular complexity index is 1300. The largest absolute Gasteiger partial charge is 0.378 e. The van der Waals surface area contributed by atoms with Crippen LogP contribution in [0.1, 0.15) is 26.4 Å². The number of rotatable bonds is 4. The van der Waals surface area contributed by atoms with Gasteiger partial charge in [0.2, 0.25) is 0 Å². The zero-order chi connectivity index (χ0) is 24.4. The lowest BCUT2D eigenvalue weighted by Crippen LogP contribution is -2.42. The topological polar surface area (TPSA) is 92.7 Å². The molecule has 2 aliphatic heterocycles. The molecule has 2 unspecified atom stereocenters. The highest BCUT2D eigenvalue weighted by Gasteiger charge is 2.49. The van der Waals surface area contributed by atoms with Crippen molar-refractivity contribution in [1.29, 1.82) is 0 Å². The number of nitrogens with zero attached hydrogens (tertiary/aromatic N) is 2. The van der Waals surface area contributed by atoms with Gasteiger partial charge in [0.05, 0.1) is 19.4 Å². The minimum atomic E-state index is -1.05. The van der Waals surface area contributed by atoms with E-state index in [1.165, 1.54) is 36.0 Å². The van der Waals surface area contributed by atoms with Crippen LogP contribution in [0.4, 0.5) is 14.5 Å². The molecule has 2 aliphatic rings. The molecule has 0 radical (unpaired) electrons. The summed E-state index contributed by atoms with van der Waals surface area (Å²) in [5, 5.41) is 5.87. The maximum atomic E-state index is 15.2. The van der Waals surface area contributed by atoms with E-state index in [4.69, 9.17) is 9.73 Å². The van der Waals surface area contributed by atoms with E-state index in [1.807, 2.05) is 6.07 Å². The highest BCUT2D eigenvalue weighted by atomic mass is 32.2. The smallest absolute Gasteiger partial charge is 0.274 e. The van der Waals surface area contributed by atoms with E-state index in [0.717, 1.165) is 12.3 Å². The number of amidine groups is 1. The number of fused-ring (bicyclic) bond motifs is 1. The summed E-state index contributed by atoms with van der Waals surface area (Å²) in [4.78, 5) is 33.7. The molecule has 7 nitrogen and oxygen atoms in total. The number of aromatic nitrogens is 1. The van der Waals surface area contributed by atoms with Crippen LogP contribution in [-0.4, -0.2) is 40.9 Å². The van der Waals surface area contributed by atoms with Gasteiger partial charge in [-0.3, -0.25) is 9.59 Å². The van der Waals surface area contributed by atoms with Crippen LogP contribution in [0.25, 0.3) is 0 Å². The molecule has 3 aromatic rings. The van der Waals surface area contributed by atoms with Gasteiger partial charge in [-0.25, -0.2) is 18.8 Å². The van der Waals surface area contributed by atoms with Gasteiger partial charge in [-0.15, -0.1) is 0 Å². The van der Waals surface area contributed by atoms with Crippen molar-refractivity contribution >= 4 is 34.4 Å². The molecule has 2 aromatic carbocycles. The molecule has 0 spiro atoms. The molecule has 1 fully saturated rings. The third kappa shape index (κ3) is 4.67. The molecule has 0 saturated carbocycles. The van der Waals surface area contributed by atoms with E-state index < -0.39 is 23.1 Å². The zero-order valence-electron chi connectivity index (χ0n) is 18.3. The number of carbonyl (C=O) groups excluding carboxylic acids is 2. The summed E-state index contributed by atoms with van der Waals surface area (Å²) >= 11 is 1.38. The third-order valence-corrected chi connectivity index (χ3v) is 6.98. The lowest BCUT2D eigenvalue weighted by molar-refractivity contribution is 0.0975. The molecule has 3 heterocycles. The van der Waals surface area contributed by atoms with Crippen molar-refractivity contribution in [2.45, 2.75) is 5.54 Å². The van der Waals surface area contributed by atoms with Crippen molar-refractivity contribution in [3.8, 4) is 0 Å². The van der Waals surface area contributed by atoms with Gasteiger partial charge in [0.15, 0.2) is 5.17 Å². The second-order valence-corrected chi connectivity index (χ2v) is 9.20. The van der Waals surface area contributed by atoms with E-state index in [1.54, 1.807) is 24.3 Å². The van der Waals surface area contributed by atoms with E-state index in [-0.39, 0.29) is 29.7 Å². The van der Waals surface area contributed by atoms with E-state index in [2.05, 4.69) is 15.6 Å². The van der Waals surface area contributed by atoms with E-state index in [0.29, 0.717) is 28.8 Å². The van der Waals surface area contributed by atoms with Crippen LogP contribution in [0, 0.1) is 17.6 Å². The minimum absolute atomic E-state index is 0.0236. The Labute approximate surface area is 204 Å². The Morgan fingerprint density at radius 3 is 2.63 bits per heavy atom. The number of nitrogens with one attached hydrogen (secondary N) is 2. The molecule has 2 N–H and O–H groups in total. The zero-order valence-corrected chi connectivity index (χ0v) is 19.1. The first kappa shape index (κ1) is 23.1. The van der Waals surface area contributed by atoms with Gasteiger partial charge in [-0.05, 0) is 42.5 Å². The molecule has 5 rings (SSSR count). The Balaban J connectivity index is 1.44. The first-order chi connectivity index (χ1) is 16.9. The van der Waals surface area contributed by atoms with Crippen LogP contribution in [0.15, 0.2) is 71.9 Å². The Morgan fingerprint density at radius 1 is 1.03 bits per heavy atom. The fourth-order valence-electron chi connectivity index (χ4n) is 4.14. The number of amides is 2. The predicted octanol–water partition coefficient (Wildman–Crippen LogP) is 3.99. The monoisotopic (exact) mass is 494 g/mol. The average molecular weight is 495 g/mol. The number of aliphatic imine (C=N–C) groups is 1. The standard InChI is InChI=1S/C25H20F2N4O3S/c26-17-6-9-21(28-11-17)23(33)29-18-7-8-20(27)19(10-18)25-14-34-12-16(25)13-35-24(31-25)30-22(32)15-4-2-1-3-5-15/h1-11,16H,12-14H2,(H,29,33)(H,30,31,32). The van der Waals surface area contributed by atoms with Gasteiger partial charge in [0.25, 0.3) is 11.8 Å². The second-order valence-electron chi connectivity index (χ2n) is 8.19. The fourth-order valence-corrected chi connectivity index (χ4v) is 5.26. The van der Waals surface area contributed by atoms with E-state index in [9.17, 15) is 14.0 Å². The summed E-state index contributed by atoms with van der Waals surface area (Å²) in [6.45, 7) is 0.530. The van der Waals surface area contributed by atoms with Crippen LogP contribution in [0.2, 0.25) is 0 Å². The first-order valence-corrected chi connectivity index (χ1v) is 11.8. The minimum Gasteiger partial charge on any atom is -0.378 e. The molecule has 2 atom stereocenters. The number of halogens is 2. The Morgan fingerprint density at radius 2 is 1.86 bits per heavy atom. The Hall–Kier alpha value is -3.63. The van der Waals surface area contributed by atoms with Crippen molar-refractivity contribution in [2.75, 3.05) is 24.3 Å². The molecule has 0 aliphatic carbocycles. The average Bonchev–Trinajstić information content (AvgIpc) is 3.30. The molecule has 2 amide bonds. The molecule has 0 bridgehead atoms. The molecule has 35 heavy (non-hydrogen) atoms. The van der Waals surface area contributed by atoms with Gasteiger partial charge in [-0.2, -0.15) is 0 Å². The number of pyridine rings is 1. The van der Waals surface area contributed by atoms with Crippen LogP contribution < -0.4 is 10.6 Å². The quantitative estimate of drug-likeness (QED) is 0.572. The van der Waals surface area contributed by atoms with Crippen LogP contribution in [0.5, 0.6) is 0 Å². The van der Waals surface area contributed by atoms with Gasteiger partial charge in [0.1, 0.15) is 22.9 Å². The lowest BCUT2D eigenvalue weighted by Gasteiger charge is -2.35. The van der Waals surface area contributed by atoms with E-state index >= 15 is 4.39 Å². The maximum absolute atomic E-state index is 15.2. The number of benzene rings is 2. The van der Waals surface area contributed by atoms with Gasteiger partial charge in [-0.1, -0.05) is 30.0 Å². The summed E-state index contributed by atoms with van der Waals surface area (Å²) in [6.07, 6.45) is 0.949. The van der Waals surface area contributed by atoms with Crippen LogP contribution in [0.3, 0.4) is 0 Å². The summed E-state index contributed by atoms with van der Waals surface area (Å²) in [5.41, 5.74) is 0.0525. The molecule has 178 valence electrons. The second kappa shape index (κ2) is 9.55. The van der Waals surface area contributed by atoms with Crippen LogP contribution in [-0.2, 0) is 10.3 Å². The number of thioether (sulfide) groups is 1. The summed E-state index contributed by atoms with van der Waals surface area (Å²) in [6, 6.07) is 15.4. The molecular formula is C25H20F2N4O3S. The molecular weight excluding hydrogens is 474 g/mol. The molecule has 10 heteroatoms. The highest BCUT2D eigenvalue weighted by molar-refractivity contribution is 8.13. The normalized spacial score (nSPS) is 21.1. The number of ether oxygens (including phenoxy) is 1. The predicted molar refractivity (Wildman–Crippen MR) is 128 cm³/mol. The van der Waals surface area contributed by atoms with Crippen molar-refractivity contribution in [3.63, 3.8) is 0 Å². The van der Waals surface area contributed by atoms with Crippen molar-refractivity contribution in [1.82, 2.24) is 10.3 Å². The highest BCUT2D eigenvalue weighted by Crippen LogP contribution is 2.46. The van der Waals surface area contributed by atoms with Crippen molar-refractivity contribution in [2.24, 2.45) is 10.9 Å². The number of carbonyl (C=O) groups is 2. The third-order valence-electron chi connectivity index (χ3n) is 5.95. The van der Waals surface area contributed by atoms with Gasteiger partial charge in [0, 0.05) is 28.5 Å². The molecule has 1 saturated heterocycles. The van der Waals surface area contributed by atoms with Crippen LogP contribution >= 0.6 is 11.8 Å². The first-order valence-electron chi connectivity index (χ1n) is 10.8. The fraction of sp³-hybridized carbons (Fsp3) is 0.200. The SMILES string of the molecule is O=C(NC1=NC2(c3cc(NC(=O)c4ccc(F)cn4)ccc3F)COCC2CS1)c1ccccc1. The molecule has 1 aromatic heterocycles. The summed E-state index contributed by atoms with van der Waals surface area (Å²) < 4.78 is 34.0. The summed E-state index contributed by atoms with van der Waals surface area (Å²) in [7, 11) is 0. The van der Waals surface area contributed by atoms with Gasteiger partial charge >= 0.3 is 0 Å². The van der Waals surface area contributed by atoms with Crippen molar-refractivity contribution in [3.05, 3.63) is 95.3 Å².